The largest absolute Gasteiger partial charge is 0.490 e. The molecule has 0 aliphatic carbocycles. The van der Waals surface area contributed by atoms with Crippen LogP contribution < -0.4 is 14.8 Å². The number of morpholine rings is 1. The van der Waals surface area contributed by atoms with Gasteiger partial charge in [0.05, 0.1) is 26.4 Å². The topological polar surface area (TPSA) is 73.7 Å². The van der Waals surface area contributed by atoms with Crippen LogP contribution in [-0.4, -0.2) is 59.0 Å². The summed E-state index contributed by atoms with van der Waals surface area (Å²) >= 11 is 6.69. The Hall–Kier alpha value is -3.33. The number of hydrogen-bond donors (Lipinski definition) is 1. The van der Waals surface area contributed by atoms with Gasteiger partial charge in [-0.3, -0.25) is 4.90 Å². The summed E-state index contributed by atoms with van der Waals surface area (Å²) in [4.78, 5) is 11.6. The fourth-order valence-electron chi connectivity index (χ4n) is 4.26. The van der Waals surface area contributed by atoms with Crippen LogP contribution in [0.4, 0.5) is 11.6 Å². The molecule has 0 saturated carbocycles. The lowest BCUT2D eigenvalue weighted by atomic mass is 10.2. The van der Waals surface area contributed by atoms with E-state index in [1.54, 1.807) is 0 Å². The molecule has 1 fully saturated rings. The highest BCUT2D eigenvalue weighted by Gasteiger charge is 2.14. The number of fused-ring (bicyclic) bond motifs is 1. The van der Waals surface area contributed by atoms with Crippen LogP contribution in [0, 0.1) is 0 Å². The molecule has 0 spiro atoms. The summed E-state index contributed by atoms with van der Waals surface area (Å²) in [5.41, 5.74) is 3.66. The molecule has 8 nitrogen and oxygen atoms in total. The first-order chi connectivity index (χ1) is 17.6. The Morgan fingerprint density at radius 3 is 2.58 bits per heavy atom. The van der Waals surface area contributed by atoms with Crippen LogP contribution in [0.25, 0.3) is 16.7 Å². The maximum atomic E-state index is 6.69. The van der Waals surface area contributed by atoms with Gasteiger partial charge in [0, 0.05) is 59.9 Å². The molecule has 0 unspecified atom stereocenters. The fraction of sp³-hybridized carbons (Fsp3) is 0.333. The van der Waals surface area contributed by atoms with Gasteiger partial charge in [0.2, 0.25) is 5.95 Å². The van der Waals surface area contributed by atoms with Crippen molar-refractivity contribution < 1.29 is 14.2 Å². The fourth-order valence-corrected chi connectivity index (χ4v) is 4.49. The molecular formula is C27H30ClN5O3. The van der Waals surface area contributed by atoms with Crippen molar-refractivity contribution in [1.82, 2.24) is 19.4 Å². The third-order valence-electron chi connectivity index (χ3n) is 6.04. The summed E-state index contributed by atoms with van der Waals surface area (Å²) in [7, 11) is 0. The van der Waals surface area contributed by atoms with Crippen LogP contribution in [0.15, 0.2) is 54.9 Å². The van der Waals surface area contributed by atoms with Crippen molar-refractivity contribution in [2.24, 2.45) is 0 Å². The highest BCUT2D eigenvalue weighted by molar-refractivity contribution is 6.31. The van der Waals surface area contributed by atoms with E-state index in [-0.39, 0.29) is 0 Å². The number of anilines is 2. The van der Waals surface area contributed by atoms with E-state index in [2.05, 4.69) is 27.3 Å². The molecule has 1 saturated heterocycles. The summed E-state index contributed by atoms with van der Waals surface area (Å²) in [5.74, 6) is 1.88. The molecular weight excluding hydrogens is 478 g/mol. The van der Waals surface area contributed by atoms with Crippen molar-refractivity contribution in [2.45, 2.75) is 20.4 Å². The van der Waals surface area contributed by atoms with E-state index in [4.69, 9.17) is 30.8 Å². The zero-order chi connectivity index (χ0) is 24.9. The van der Waals surface area contributed by atoms with Gasteiger partial charge in [0.1, 0.15) is 5.65 Å². The molecule has 1 aliphatic heterocycles. The molecule has 2 aromatic carbocycles. The van der Waals surface area contributed by atoms with E-state index >= 15 is 0 Å². The average Bonchev–Trinajstić information content (AvgIpc) is 3.31. The molecule has 0 amide bonds. The van der Waals surface area contributed by atoms with Crippen LogP contribution in [-0.2, 0) is 11.3 Å². The molecule has 0 atom stereocenters. The van der Waals surface area contributed by atoms with E-state index in [0.717, 1.165) is 65.8 Å². The van der Waals surface area contributed by atoms with Crippen molar-refractivity contribution in [3.8, 4) is 17.2 Å². The molecule has 1 aliphatic rings. The monoisotopic (exact) mass is 507 g/mol. The number of halogens is 1. The van der Waals surface area contributed by atoms with Gasteiger partial charge in [-0.1, -0.05) is 17.7 Å². The standard InChI is InChI=1S/C27H30ClN5O3/c1-3-35-24-8-6-21(15-25(24)36-4-2)30-27-29-17-19-9-10-33(26(19)31-27)22-7-5-20(23(28)16-22)18-32-11-13-34-14-12-32/h5-10,15-17H,3-4,11-14,18H2,1-2H3,(H,29,30,31). The van der Waals surface area contributed by atoms with Gasteiger partial charge in [0.15, 0.2) is 11.5 Å². The van der Waals surface area contributed by atoms with E-state index < -0.39 is 0 Å². The second-order valence-corrected chi connectivity index (χ2v) is 8.88. The molecule has 5 rings (SSSR count). The number of ether oxygens (including phenoxy) is 3. The molecule has 188 valence electrons. The maximum absolute atomic E-state index is 6.69. The normalized spacial score (nSPS) is 14.2. The first-order valence-electron chi connectivity index (χ1n) is 12.2. The molecule has 2 aromatic heterocycles. The van der Waals surface area contributed by atoms with Crippen LogP contribution >= 0.6 is 11.6 Å². The SMILES string of the molecule is CCOc1ccc(Nc2ncc3ccn(-c4ccc(CN5CCOCC5)c(Cl)c4)c3n2)cc1OCC. The molecule has 3 heterocycles. The van der Waals surface area contributed by atoms with Crippen molar-refractivity contribution in [2.75, 3.05) is 44.8 Å². The first-order valence-corrected chi connectivity index (χ1v) is 12.6. The van der Waals surface area contributed by atoms with E-state index in [1.807, 2.05) is 61.1 Å². The Labute approximate surface area is 215 Å². The van der Waals surface area contributed by atoms with Crippen molar-refractivity contribution in [3.05, 3.63) is 65.4 Å². The Kier molecular flexibility index (Phi) is 7.55. The second-order valence-electron chi connectivity index (χ2n) is 8.48. The Morgan fingerprint density at radius 1 is 1.00 bits per heavy atom. The minimum Gasteiger partial charge on any atom is -0.490 e. The van der Waals surface area contributed by atoms with Crippen molar-refractivity contribution in [1.29, 1.82) is 0 Å². The summed E-state index contributed by atoms with van der Waals surface area (Å²) in [6.07, 6.45) is 3.80. The summed E-state index contributed by atoms with van der Waals surface area (Å²) in [5, 5.41) is 4.97. The lowest BCUT2D eigenvalue weighted by Gasteiger charge is -2.27. The van der Waals surface area contributed by atoms with E-state index in [1.165, 1.54) is 0 Å². The highest BCUT2D eigenvalue weighted by atomic mass is 35.5. The first kappa shape index (κ1) is 24.4. The van der Waals surface area contributed by atoms with Crippen LogP contribution in [0.1, 0.15) is 19.4 Å². The molecule has 4 aromatic rings. The summed E-state index contributed by atoms with van der Waals surface area (Å²) < 4.78 is 18.9. The molecule has 0 bridgehead atoms. The zero-order valence-corrected chi connectivity index (χ0v) is 21.3. The second kappa shape index (κ2) is 11.2. The number of aromatic nitrogens is 3. The third-order valence-corrected chi connectivity index (χ3v) is 6.39. The van der Waals surface area contributed by atoms with Crippen molar-refractivity contribution in [3.63, 3.8) is 0 Å². The van der Waals surface area contributed by atoms with Gasteiger partial charge in [-0.15, -0.1) is 0 Å². The molecule has 0 radical (unpaired) electrons. The van der Waals surface area contributed by atoms with Gasteiger partial charge in [-0.25, -0.2) is 4.98 Å². The van der Waals surface area contributed by atoms with E-state index in [9.17, 15) is 0 Å². The Morgan fingerprint density at radius 2 is 1.81 bits per heavy atom. The van der Waals surface area contributed by atoms with E-state index in [0.29, 0.717) is 30.7 Å². The smallest absolute Gasteiger partial charge is 0.229 e. The average molecular weight is 508 g/mol. The molecule has 9 heteroatoms. The molecule has 1 N–H and O–H groups in total. The predicted molar refractivity (Wildman–Crippen MR) is 142 cm³/mol. The van der Waals surface area contributed by atoms with Crippen LogP contribution in [0.3, 0.4) is 0 Å². The van der Waals surface area contributed by atoms with Gasteiger partial charge < -0.3 is 24.1 Å². The third kappa shape index (κ3) is 5.41. The summed E-state index contributed by atoms with van der Waals surface area (Å²) in [6, 6.07) is 13.9. The minimum absolute atomic E-state index is 0.490. The van der Waals surface area contributed by atoms with Gasteiger partial charge in [0.25, 0.3) is 0 Å². The number of nitrogens with zero attached hydrogens (tertiary/aromatic N) is 4. The Balaban J connectivity index is 1.39. The van der Waals surface area contributed by atoms with Crippen LogP contribution in [0.2, 0.25) is 5.02 Å². The minimum atomic E-state index is 0.490. The lowest BCUT2D eigenvalue weighted by Crippen LogP contribution is -2.35. The number of hydrogen-bond acceptors (Lipinski definition) is 7. The van der Waals surface area contributed by atoms with Gasteiger partial charge in [-0.2, -0.15) is 4.98 Å². The zero-order valence-electron chi connectivity index (χ0n) is 20.5. The van der Waals surface area contributed by atoms with Crippen LogP contribution in [0.5, 0.6) is 11.5 Å². The summed E-state index contributed by atoms with van der Waals surface area (Å²) in [6.45, 7) is 9.22. The Bertz CT molecular complexity index is 1340. The highest BCUT2D eigenvalue weighted by Crippen LogP contribution is 2.32. The number of rotatable bonds is 9. The predicted octanol–water partition coefficient (Wildman–Crippen LogP) is 5.45. The maximum Gasteiger partial charge on any atom is 0.229 e. The van der Waals surface area contributed by atoms with Gasteiger partial charge >= 0.3 is 0 Å². The van der Waals surface area contributed by atoms with Gasteiger partial charge in [-0.05, 0) is 49.7 Å². The van der Waals surface area contributed by atoms with Crippen molar-refractivity contribution >= 4 is 34.3 Å². The molecule has 36 heavy (non-hydrogen) atoms. The number of nitrogens with one attached hydrogen (secondary N) is 1. The quantitative estimate of drug-likeness (QED) is 0.323. The number of benzene rings is 2. The lowest BCUT2D eigenvalue weighted by molar-refractivity contribution is 0.0342.